The highest BCUT2D eigenvalue weighted by atomic mass is 16.5. The number of ether oxygens (including phenoxy) is 1. The summed E-state index contributed by atoms with van der Waals surface area (Å²) in [4.78, 5) is 29.1. The fraction of sp³-hybridized carbons (Fsp3) is 0.556. The van der Waals surface area contributed by atoms with Gasteiger partial charge in [-0.25, -0.2) is 0 Å². The van der Waals surface area contributed by atoms with Crippen LogP contribution in [0.4, 0.5) is 5.69 Å². The van der Waals surface area contributed by atoms with E-state index in [4.69, 9.17) is 4.74 Å². The molecule has 128 valence electrons. The number of anilines is 1. The van der Waals surface area contributed by atoms with Crippen molar-refractivity contribution in [3.05, 3.63) is 29.8 Å². The Hall–Kier alpha value is -2.08. The number of nitrogens with zero attached hydrogens (tertiary/aromatic N) is 2. The quantitative estimate of drug-likeness (QED) is 0.894. The normalized spacial score (nSPS) is 24.2. The standard InChI is InChI=1S/C18H23N3O3/c22-17(21-9-10-24-12-16(21)13-5-6-13)11-20-8-7-19-18(23)14-3-1-2-4-15(14)20/h1-4,13,16H,5-12H2,(H,19,23). The molecule has 1 saturated carbocycles. The highest BCUT2D eigenvalue weighted by Crippen LogP contribution is 2.36. The molecule has 2 heterocycles. The summed E-state index contributed by atoms with van der Waals surface area (Å²) in [5, 5.41) is 2.89. The van der Waals surface area contributed by atoms with E-state index in [1.165, 1.54) is 12.8 Å². The van der Waals surface area contributed by atoms with Gasteiger partial charge in [0.15, 0.2) is 0 Å². The lowest BCUT2D eigenvalue weighted by molar-refractivity contribution is -0.139. The number of hydrogen-bond acceptors (Lipinski definition) is 4. The third-order valence-corrected chi connectivity index (χ3v) is 5.13. The Morgan fingerprint density at radius 1 is 1.25 bits per heavy atom. The Morgan fingerprint density at radius 3 is 2.92 bits per heavy atom. The van der Waals surface area contributed by atoms with Crippen LogP contribution >= 0.6 is 0 Å². The minimum absolute atomic E-state index is 0.0669. The lowest BCUT2D eigenvalue weighted by atomic mass is 10.1. The number of fused-ring (bicyclic) bond motifs is 1. The van der Waals surface area contributed by atoms with E-state index in [0.29, 0.717) is 50.9 Å². The monoisotopic (exact) mass is 329 g/mol. The van der Waals surface area contributed by atoms with Crippen molar-refractivity contribution in [2.75, 3.05) is 44.3 Å². The van der Waals surface area contributed by atoms with E-state index in [2.05, 4.69) is 5.32 Å². The number of carbonyl (C=O) groups excluding carboxylic acids is 2. The molecule has 1 atom stereocenters. The Morgan fingerprint density at radius 2 is 2.08 bits per heavy atom. The zero-order valence-electron chi connectivity index (χ0n) is 13.7. The van der Waals surface area contributed by atoms with E-state index in [1.807, 2.05) is 34.1 Å². The molecule has 2 fully saturated rings. The minimum Gasteiger partial charge on any atom is -0.377 e. The Labute approximate surface area is 141 Å². The lowest BCUT2D eigenvalue weighted by Crippen LogP contribution is -2.53. The van der Waals surface area contributed by atoms with Crippen molar-refractivity contribution in [2.45, 2.75) is 18.9 Å². The fourth-order valence-electron chi connectivity index (χ4n) is 3.68. The van der Waals surface area contributed by atoms with Gasteiger partial charge in [-0.1, -0.05) is 12.1 Å². The largest absolute Gasteiger partial charge is 0.377 e. The molecule has 0 radical (unpaired) electrons. The van der Waals surface area contributed by atoms with Gasteiger partial charge in [-0.3, -0.25) is 9.59 Å². The van der Waals surface area contributed by atoms with Crippen molar-refractivity contribution in [1.82, 2.24) is 10.2 Å². The average Bonchev–Trinajstić information content (AvgIpc) is 3.46. The van der Waals surface area contributed by atoms with Gasteiger partial charge in [0.1, 0.15) is 0 Å². The molecule has 1 aliphatic carbocycles. The van der Waals surface area contributed by atoms with Crippen molar-refractivity contribution < 1.29 is 14.3 Å². The van der Waals surface area contributed by atoms with E-state index >= 15 is 0 Å². The minimum atomic E-state index is -0.0669. The van der Waals surface area contributed by atoms with Crippen LogP contribution in [-0.2, 0) is 9.53 Å². The van der Waals surface area contributed by atoms with Crippen molar-refractivity contribution in [1.29, 1.82) is 0 Å². The van der Waals surface area contributed by atoms with Crippen LogP contribution < -0.4 is 10.2 Å². The first-order valence-corrected chi connectivity index (χ1v) is 8.73. The van der Waals surface area contributed by atoms with Crippen LogP contribution in [-0.4, -0.2) is 62.1 Å². The van der Waals surface area contributed by atoms with Gasteiger partial charge >= 0.3 is 0 Å². The summed E-state index contributed by atoms with van der Waals surface area (Å²) < 4.78 is 5.58. The zero-order valence-corrected chi connectivity index (χ0v) is 13.7. The molecule has 1 aromatic rings. The molecule has 1 N–H and O–H groups in total. The Kier molecular flexibility index (Phi) is 4.14. The fourth-order valence-corrected chi connectivity index (χ4v) is 3.68. The first kappa shape index (κ1) is 15.4. The first-order valence-electron chi connectivity index (χ1n) is 8.73. The van der Waals surface area contributed by atoms with Crippen molar-refractivity contribution in [2.24, 2.45) is 5.92 Å². The third-order valence-electron chi connectivity index (χ3n) is 5.13. The lowest BCUT2D eigenvalue weighted by Gasteiger charge is -2.37. The van der Waals surface area contributed by atoms with E-state index < -0.39 is 0 Å². The van der Waals surface area contributed by atoms with Gasteiger partial charge in [-0.15, -0.1) is 0 Å². The van der Waals surface area contributed by atoms with Gasteiger partial charge in [0.2, 0.25) is 5.91 Å². The number of morpholine rings is 1. The van der Waals surface area contributed by atoms with Crippen LogP contribution in [0, 0.1) is 5.92 Å². The average molecular weight is 329 g/mol. The molecule has 1 unspecified atom stereocenters. The smallest absolute Gasteiger partial charge is 0.253 e. The number of hydrogen-bond donors (Lipinski definition) is 1. The predicted octanol–water partition coefficient (Wildman–Crippen LogP) is 0.874. The summed E-state index contributed by atoms with van der Waals surface area (Å²) >= 11 is 0. The van der Waals surface area contributed by atoms with Gasteiger partial charge in [0.05, 0.1) is 37.1 Å². The third kappa shape index (κ3) is 2.98. The molecule has 6 heteroatoms. The number of para-hydroxylation sites is 1. The maximum absolute atomic E-state index is 12.9. The summed E-state index contributed by atoms with van der Waals surface area (Å²) in [6.07, 6.45) is 2.39. The summed E-state index contributed by atoms with van der Waals surface area (Å²) in [5.41, 5.74) is 1.49. The maximum atomic E-state index is 12.9. The number of benzene rings is 1. The maximum Gasteiger partial charge on any atom is 0.253 e. The summed E-state index contributed by atoms with van der Waals surface area (Å²) in [5.74, 6) is 0.677. The van der Waals surface area contributed by atoms with Crippen LogP contribution in [0.2, 0.25) is 0 Å². The highest BCUT2D eigenvalue weighted by Gasteiger charge is 2.39. The molecule has 4 rings (SSSR count). The molecule has 24 heavy (non-hydrogen) atoms. The Bertz CT molecular complexity index is 644. The van der Waals surface area contributed by atoms with Crippen molar-refractivity contribution in [3.63, 3.8) is 0 Å². The Balaban J connectivity index is 1.52. The van der Waals surface area contributed by atoms with Gasteiger partial charge in [-0.2, -0.15) is 0 Å². The zero-order chi connectivity index (χ0) is 16.5. The second-order valence-electron chi connectivity index (χ2n) is 6.76. The predicted molar refractivity (Wildman–Crippen MR) is 90.0 cm³/mol. The second-order valence-corrected chi connectivity index (χ2v) is 6.76. The first-order chi connectivity index (χ1) is 11.7. The number of amides is 2. The summed E-state index contributed by atoms with van der Waals surface area (Å²) in [6, 6.07) is 7.74. The van der Waals surface area contributed by atoms with Crippen LogP contribution in [0.1, 0.15) is 23.2 Å². The molecule has 0 bridgehead atoms. The summed E-state index contributed by atoms with van der Waals surface area (Å²) in [7, 11) is 0. The van der Waals surface area contributed by atoms with Gasteiger partial charge < -0.3 is 19.9 Å². The van der Waals surface area contributed by atoms with Gasteiger partial charge in [0, 0.05) is 19.6 Å². The highest BCUT2D eigenvalue weighted by molar-refractivity contribution is 6.01. The molecular weight excluding hydrogens is 306 g/mol. The molecule has 2 amide bonds. The van der Waals surface area contributed by atoms with Crippen molar-refractivity contribution >= 4 is 17.5 Å². The number of nitrogens with one attached hydrogen (secondary N) is 1. The molecule has 1 saturated heterocycles. The van der Waals surface area contributed by atoms with Crippen LogP contribution in [0.3, 0.4) is 0 Å². The van der Waals surface area contributed by atoms with Gasteiger partial charge in [-0.05, 0) is 30.9 Å². The van der Waals surface area contributed by atoms with Gasteiger partial charge in [0.25, 0.3) is 5.91 Å². The molecule has 0 aromatic heterocycles. The topological polar surface area (TPSA) is 61.9 Å². The van der Waals surface area contributed by atoms with Crippen LogP contribution in [0.25, 0.3) is 0 Å². The summed E-state index contributed by atoms with van der Waals surface area (Å²) in [6.45, 7) is 3.46. The van der Waals surface area contributed by atoms with E-state index in [1.54, 1.807) is 0 Å². The van der Waals surface area contributed by atoms with Crippen molar-refractivity contribution in [3.8, 4) is 0 Å². The van der Waals surface area contributed by atoms with E-state index in [-0.39, 0.29) is 17.9 Å². The molecule has 2 aliphatic heterocycles. The van der Waals surface area contributed by atoms with Crippen LogP contribution in [0.5, 0.6) is 0 Å². The SMILES string of the molecule is O=C1NCCN(CC(=O)N2CCOCC2C2CC2)c2ccccc21. The van der Waals surface area contributed by atoms with E-state index in [0.717, 1.165) is 5.69 Å². The molecule has 3 aliphatic rings. The molecule has 0 spiro atoms. The number of carbonyl (C=O) groups is 2. The second kappa shape index (κ2) is 6.43. The molecule has 6 nitrogen and oxygen atoms in total. The number of rotatable bonds is 3. The molecular formula is C18H23N3O3. The van der Waals surface area contributed by atoms with Crippen LogP contribution in [0.15, 0.2) is 24.3 Å². The molecule has 1 aromatic carbocycles. The van der Waals surface area contributed by atoms with E-state index in [9.17, 15) is 9.59 Å².